The molecular formula is C37H62NO5+. The van der Waals surface area contributed by atoms with Gasteiger partial charge in [0.05, 0.1) is 21.1 Å². The number of likely N-dealkylation sites (N-methyl/N-ethyl adjacent to an activating group) is 1. The lowest BCUT2D eigenvalue weighted by atomic mass is 9.44. The molecule has 0 amide bonds. The molecule has 3 saturated carbocycles. The van der Waals surface area contributed by atoms with Crippen molar-refractivity contribution in [3.8, 4) is 0 Å². The maximum absolute atomic E-state index is 13.5. The van der Waals surface area contributed by atoms with Crippen molar-refractivity contribution in [3.05, 3.63) is 11.6 Å². The third-order valence-electron chi connectivity index (χ3n) is 13.6. The first-order valence-electron chi connectivity index (χ1n) is 17.5. The van der Waals surface area contributed by atoms with E-state index in [1.54, 1.807) is 21.1 Å². The van der Waals surface area contributed by atoms with Gasteiger partial charge in [0, 0.05) is 5.92 Å². The van der Waals surface area contributed by atoms with Crippen LogP contribution in [0.5, 0.6) is 0 Å². The zero-order chi connectivity index (χ0) is 32.1. The monoisotopic (exact) mass is 600 g/mol. The van der Waals surface area contributed by atoms with Crippen molar-refractivity contribution in [1.82, 2.24) is 0 Å². The van der Waals surface area contributed by atoms with Gasteiger partial charge < -0.3 is 14.7 Å². The summed E-state index contributed by atoms with van der Waals surface area (Å²) in [6.45, 7) is 14.3. The highest BCUT2D eigenvalue weighted by molar-refractivity contribution is 6.40. The minimum atomic E-state index is -2.03. The first kappa shape index (κ1) is 34.2. The molecule has 4 aliphatic carbocycles. The van der Waals surface area contributed by atoms with Gasteiger partial charge in [0.15, 0.2) is 0 Å². The third kappa shape index (κ3) is 5.54. The van der Waals surface area contributed by atoms with E-state index in [1.165, 1.54) is 50.5 Å². The van der Waals surface area contributed by atoms with E-state index in [2.05, 4.69) is 47.6 Å². The molecule has 6 heteroatoms. The minimum Gasteiger partial charge on any atom is -0.476 e. The molecule has 0 saturated heterocycles. The average Bonchev–Trinajstić information content (AvgIpc) is 3.25. The number of fused-ring (bicyclic) bond motifs is 5. The smallest absolute Gasteiger partial charge is 0.379 e. The number of Topliss-reactive ketones (excluding diaryl/α,β-unsaturated/α-hetero) is 1. The summed E-state index contributed by atoms with van der Waals surface area (Å²) >= 11 is 0. The van der Waals surface area contributed by atoms with Crippen LogP contribution in [-0.2, 0) is 14.4 Å². The fourth-order valence-corrected chi connectivity index (χ4v) is 11.7. The fourth-order valence-electron chi connectivity index (χ4n) is 11.7. The first-order valence-corrected chi connectivity index (χ1v) is 17.5. The Morgan fingerprint density at radius 2 is 1.70 bits per heavy atom. The van der Waals surface area contributed by atoms with Crippen LogP contribution in [-0.4, -0.2) is 59.1 Å². The van der Waals surface area contributed by atoms with E-state index in [0.29, 0.717) is 23.7 Å². The Morgan fingerprint density at radius 1 is 1.02 bits per heavy atom. The summed E-state index contributed by atoms with van der Waals surface area (Å²) in [5.41, 5.74) is -0.358. The Bertz CT molecular complexity index is 1100. The highest BCUT2D eigenvalue weighted by Crippen LogP contribution is 2.69. The summed E-state index contributed by atoms with van der Waals surface area (Å²) in [4.78, 5) is 38.9. The molecule has 0 spiro atoms. The van der Waals surface area contributed by atoms with E-state index in [0.717, 1.165) is 49.4 Å². The maximum atomic E-state index is 13.5. The van der Waals surface area contributed by atoms with E-state index in [-0.39, 0.29) is 15.8 Å². The largest absolute Gasteiger partial charge is 0.476 e. The molecule has 0 heterocycles. The van der Waals surface area contributed by atoms with E-state index < -0.39 is 29.2 Å². The van der Waals surface area contributed by atoms with E-state index in [4.69, 9.17) is 0 Å². The predicted octanol–water partition coefficient (Wildman–Crippen LogP) is 7.85. The van der Waals surface area contributed by atoms with Crippen molar-refractivity contribution in [3.63, 3.8) is 0 Å². The van der Waals surface area contributed by atoms with Crippen LogP contribution in [0, 0.1) is 58.2 Å². The molecule has 2 N–H and O–H groups in total. The number of aliphatic carboxylic acids is 2. The second-order valence-electron chi connectivity index (χ2n) is 17.1. The lowest BCUT2D eigenvalue weighted by Crippen LogP contribution is -2.73. The van der Waals surface area contributed by atoms with Gasteiger partial charge in [-0.3, -0.25) is 4.79 Å². The van der Waals surface area contributed by atoms with Crippen LogP contribution in [0.2, 0.25) is 0 Å². The number of rotatable bonds is 12. The van der Waals surface area contributed by atoms with Crippen LogP contribution in [0.4, 0.5) is 0 Å². The molecule has 6 nitrogen and oxygen atoms in total. The number of carbonyl (C=O) groups is 3. The number of hydrogen-bond donors (Lipinski definition) is 2. The molecule has 4 rings (SSSR count). The van der Waals surface area contributed by atoms with Crippen molar-refractivity contribution in [1.29, 1.82) is 0 Å². The SMILES string of the molecule is CCCC1C[C@@]2(C)C(=CCC3C2CC[C@@]2(C)C3CC[C@@H]2[C@H](C)CCCC(C)C)CC1[C@](C(=O)O)(C(=O)C(=O)O)[N+](C)(C)C. The van der Waals surface area contributed by atoms with Crippen LogP contribution < -0.4 is 0 Å². The highest BCUT2D eigenvalue weighted by Gasteiger charge is 2.69. The number of carboxylic acids is 2. The van der Waals surface area contributed by atoms with Crippen molar-refractivity contribution in [2.75, 3.05) is 21.1 Å². The summed E-state index contributed by atoms with van der Waals surface area (Å²) in [5.74, 6) is -0.391. The topological polar surface area (TPSA) is 91.7 Å². The third-order valence-corrected chi connectivity index (χ3v) is 13.6. The number of allylic oxidation sites excluding steroid dienone is 2. The van der Waals surface area contributed by atoms with Gasteiger partial charge in [0.1, 0.15) is 0 Å². The van der Waals surface area contributed by atoms with Crippen molar-refractivity contribution < 1.29 is 29.1 Å². The number of hydrogen-bond acceptors (Lipinski definition) is 3. The number of carbonyl (C=O) groups excluding carboxylic acids is 1. The molecule has 4 aliphatic rings. The second-order valence-corrected chi connectivity index (χ2v) is 17.1. The Morgan fingerprint density at radius 3 is 2.26 bits per heavy atom. The molecule has 0 aromatic carbocycles. The molecule has 0 aliphatic heterocycles. The Balaban J connectivity index is 1.67. The van der Waals surface area contributed by atoms with E-state index in [1.807, 2.05) is 0 Å². The van der Waals surface area contributed by atoms with Gasteiger partial charge in [0.2, 0.25) is 0 Å². The molecule has 3 fully saturated rings. The van der Waals surface area contributed by atoms with Crippen molar-refractivity contribution in [2.45, 2.75) is 124 Å². The molecule has 0 radical (unpaired) electrons. The number of nitrogens with zero attached hydrogens (tertiary/aromatic N) is 1. The molecule has 0 bridgehead atoms. The Kier molecular flexibility index (Phi) is 9.74. The number of ketones is 1. The maximum Gasteiger partial charge on any atom is 0.379 e. The van der Waals surface area contributed by atoms with Crippen LogP contribution in [0.15, 0.2) is 11.6 Å². The van der Waals surface area contributed by atoms with Gasteiger partial charge in [-0.25, -0.2) is 9.59 Å². The molecule has 43 heavy (non-hydrogen) atoms. The van der Waals surface area contributed by atoms with Gasteiger partial charge in [-0.1, -0.05) is 85.3 Å². The Labute approximate surface area is 261 Å². The Hall–Kier alpha value is -1.69. The van der Waals surface area contributed by atoms with Crippen molar-refractivity contribution in [2.24, 2.45) is 58.2 Å². The predicted molar refractivity (Wildman–Crippen MR) is 171 cm³/mol. The number of carboxylic acid groups (broad SMARTS) is 2. The summed E-state index contributed by atoms with van der Waals surface area (Å²) in [6, 6.07) is 0. The van der Waals surface area contributed by atoms with E-state index in [9.17, 15) is 24.6 Å². The molecule has 0 aromatic rings. The lowest BCUT2D eigenvalue weighted by Gasteiger charge is -2.61. The standard InChI is InChI=1S/C37H61NO5/c1-10-12-25-22-36(6)26(21-31(25)37(34(42)43,38(7,8)9)32(39)33(40)41)15-16-27-29-18-17-28(24(4)14-11-13-23(2)3)35(29,5)20-19-30(27)36/h15,23-25,27-31H,10-14,16-22H2,1-9H3,(H-,40,41,42,43)/p+1/t24-,25?,27?,28-,29?,30?,31?,35-,36+,37-/m1/s1. The van der Waals surface area contributed by atoms with Crippen LogP contribution >= 0.6 is 0 Å². The first-order chi connectivity index (χ1) is 20.0. The van der Waals surface area contributed by atoms with Gasteiger partial charge in [-0.15, -0.1) is 0 Å². The van der Waals surface area contributed by atoms with E-state index >= 15 is 0 Å². The molecule has 10 atom stereocenters. The average molecular weight is 601 g/mol. The number of quaternary nitrogens is 1. The quantitative estimate of drug-likeness (QED) is 0.103. The summed E-state index contributed by atoms with van der Waals surface area (Å²) in [5, 5.41) is 20.6. The van der Waals surface area contributed by atoms with Crippen LogP contribution in [0.3, 0.4) is 0 Å². The fraction of sp³-hybridized carbons (Fsp3) is 0.865. The summed E-state index contributed by atoms with van der Waals surface area (Å²) < 4.78 is -0.231. The molecular weight excluding hydrogens is 538 g/mol. The van der Waals surface area contributed by atoms with Crippen LogP contribution in [0.1, 0.15) is 119 Å². The van der Waals surface area contributed by atoms with Gasteiger partial charge in [-0.2, -0.15) is 0 Å². The summed E-state index contributed by atoms with van der Waals surface area (Å²) in [7, 11) is 5.04. The highest BCUT2D eigenvalue weighted by atomic mass is 16.4. The van der Waals surface area contributed by atoms with Crippen LogP contribution in [0.25, 0.3) is 0 Å². The molecule has 244 valence electrons. The lowest BCUT2D eigenvalue weighted by molar-refractivity contribution is -0.908. The summed E-state index contributed by atoms with van der Waals surface area (Å²) in [6.07, 6.45) is 15.7. The zero-order valence-corrected chi connectivity index (χ0v) is 28.7. The molecule has 0 aromatic heterocycles. The normalized spacial score (nSPS) is 37.9. The van der Waals surface area contributed by atoms with Gasteiger partial charge in [0.25, 0.3) is 5.54 Å². The van der Waals surface area contributed by atoms with Crippen molar-refractivity contribution >= 4 is 17.7 Å². The minimum absolute atomic E-state index is 0.0201. The zero-order valence-electron chi connectivity index (χ0n) is 28.7. The second kappa shape index (κ2) is 12.2. The van der Waals surface area contributed by atoms with Gasteiger partial charge >= 0.3 is 17.7 Å². The van der Waals surface area contributed by atoms with Gasteiger partial charge in [-0.05, 0) is 97.2 Å². The molecule has 5 unspecified atom stereocenters.